The maximum Gasteiger partial charge on any atom is 0.294 e. The van der Waals surface area contributed by atoms with Crippen molar-refractivity contribution in [2.24, 2.45) is 5.92 Å². The molecule has 2 fully saturated rings. The zero-order valence-electron chi connectivity index (χ0n) is 18.0. The average Bonchev–Trinajstić information content (AvgIpc) is 3.01. The molecule has 0 saturated carbocycles. The van der Waals surface area contributed by atoms with Gasteiger partial charge in [0.05, 0.1) is 10.6 Å². The molecule has 2 saturated heterocycles. The fourth-order valence-corrected chi connectivity index (χ4v) is 4.37. The summed E-state index contributed by atoms with van der Waals surface area (Å²) in [7, 11) is 0. The highest BCUT2D eigenvalue weighted by atomic mass is 16.6. The molecule has 0 radical (unpaired) electrons. The van der Waals surface area contributed by atoms with E-state index in [1.807, 2.05) is 4.90 Å². The minimum absolute atomic E-state index is 0.0853. The van der Waals surface area contributed by atoms with Gasteiger partial charge in [0.25, 0.3) is 5.69 Å². The second-order valence-electron chi connectivity index (χ2n) is 8.37. The lowest BCUT2D eigenvalue weighted by atomic mass is 10.1. The van der Waals surface area contributed by atoms with Crippen LogP contribution in [0.5, 0.6) is 0 Å². The predicted molar refractivity (Wildman–Crippen MR) is 120 cm³/mol. The maximum absolute atomic E-state index is 12.3. The van der Waals surface area contributed by atoms with Crippen molar-refractivity contribution in [3.63, 3.8) is 0 Å². The highest BCUT2D eigenvalue weighted by Crippen LogP contribution is 2.36. The Kier molecular flexibility index (Phi) is 5.39. The molecule has 2 aromatic rings. The summed E-state index contributed by atoms with van der Waals surface area (Å²) in [6.45, 7) is 8.65. The van der Waals surface area contributed by atoms with E-state index in [0.29, 0.717) is 18.8 Å². The fraction of sp³-hybridized carbons (Fsp3) is 0.391. The molecule has 2 aliphatic rings. The molecule has 31 heavy (non-hydrogen) atoms. The van der Waals surface area contributed by atoms with Gasteiger partial charge in [-0.3, -0.25) is 24.6 Å². The summed E-state index contributed by atoms with van der Waals surface area (Å²) >= 11 is 0. The molecule has 2 aliphatic heterocycles. The van der Waals surface area contributed by atoms with Crippen molar-refractivity contribution >= 4 is 34.6 Å². The Hall–Kier alpha value is -3.42. The first kappa shape index (κ1) is 20.8. The molecule has 2 heterocycles. The number of nitro groups is 1. The van der Waals surface area contributed by atoms with Crippen LogP contribution in [0.15, 0.2) is 36.4 Å². The Morgan fingerprint density at radius 2 is 1.58 bits per heavy atom. The lowest BCUT2D eigenvalue weighted by molar-refractivity contribution is -0.384. The number of anilines is 3. The van der Waals surface area contributed by atoms with Gasteiger partial charge in [-0.05, 0) is 43.2 Å². The summed E-state index contributed by atoms with van der Waals surface area (Å²) < 4.78 is 0. The van der Waals surface area contributed by atoms with E-state index in [2.05, 4.69) is 36.9 Å². The highest BCUT2D eigenvalue weighted by Gasteiger charge is 2.37. The summed E-state index contributed by atoms with van der Waals surface area (Å²) in [4.78, 5) is 41.3. The van der Waals surface area contributed by atoms with Gasteiger partial charge in [-0.1, -0.05) is 19.1 Å². The van der Waals surface area contributed by atoms with Gasteiger partial charge in [-0.2, -0.15) is 0 Å². The number of nitrogens with zero attached hydrogens (tertiary/aromatic N) is 4. The lowest BCUT2D eigenvalue weighted by Crippen LogP contribution is -2.47. The first-order valence-electron chi connectivity index (χ1n) is 10.5. The zero-order chi connectivity index (χ0) is 22.3. The average molecular weight is 422 g/mol. The molecule has 0 unspecified atom stereocenters. The van der Waals surface area contributed by atoms with Gasteiger partial charge in [-0.25, -0.2) is 0 Å². The number of hydrogen-bond acceptors (Lipinski definition) is 6. The third-order valence-corrected chi connectivity index (χ3v) is 6.11. The number of piperazine rings is 1. The van der Waals surface area contributed by atoms with E-state index in [-0.39, 0.29) is 29.6 Å². The minimum Gasteiger partial charge on any atom is -0.368 e. The predicted octanol–water partition coefficient (Wildman–Crippen LogP) is 3.44. The van der Waals surface area contributed by atoms with Gasteiger partial charge in [0.1, 0.15) is 5.69 Å². The normalized spacial score (nSPS) is 19.3. The van der Waals surface area contributed by atoms with Crippen LogP contribution in [-0.2, 0) is 9.59 Å². The number of carbonyl (C=O) groups excluding carboxylic acids is 2. The molecule has 4 rings (SSSR count). The number of hydrogen-bond donors (Lipinski definition) is 0. The Labute approximate surface area is 181 Å². The monoisotopic (exact) mass is 422 g/mol. The molecule has 0 N–H and O–H groups in total. The Balaban J connectivity index is 1.56. The Bertz CT molecular complexity index is 1060. The third-order valence-electron chi connectivity index (χ3n) is 6.11. The minimum atomic E-state index is -0.440. The van der Waals surface area contributed by atoms with Crippen molar-refractivity contribution in [1.29, 1.82) is 0 Å². The van der Waals surface area contributed by atoms with Crippen molar-refractivity contribution < 1.29 is 14.5 Å². The second kappa shape index (κ2) is 8.02. The van der Waals surface area contributed by atoms with Gasteiger partial charge in [0.15, 0.2) is 0 Å². The van der Waals surface area contributed by atoms with Crippen LogP contribution >= 0.6 is 0 Å². The fourth-order valence-electron chi connectivity index (χ4n) is 4.37. The van der Waals surface area contributed by atoms with Crippen molar-refractivity contribution in [2.45, 2.75) is 27.2 Å². The lowest BCUT2D eigenvalue weighted by Gasteiger charge is -2.38. The number of rotatable bonds is 4. The van der Waals surface area contributed by atoms with Gasteiger partial charge < -0.3 is 9.80 Å². The quantitative estimate of drug-likeness (QED) is 0.426. The van der Waals surface area contributed by atoms with Crippen molar-refractivity contribution in [2.75, 3.05) is 40.9 Å². The van der Waals surface area contributed by atoms with Gasteiger partial charge >= 0.3 is 0 Å². The molecule has 162 valence electrons. The Morgan fingerprint density at radius 3 is 2.16 bits per heavy atom. The van der Waals surface area contributed by atoms with Gasteiger partial charge in [0.2, 0.25) is 11.8 Å². The van der Waals surface area contributed by atoms with E-state index in [9.17, 15) is 19.7 Å². The zero-order valence-corrected chi connectivity index (χ0v) is 18.0. The SMILES string of the molecule is Cc1ccc(C)c(N2CCN(c3ccc(N4C(=O)C[C@H](C)C4=O)cc3[N+](=O)[O-])CC2)c1. The van der Waals surface area contributed by atoms with Crippen LogP contribution in [0, 0.1) is 29.9 Å². The van der Waals surface area contributed by atoms with Crippen molar-refractivity contribution in [3.8, 4) is 0 Å². The number of carbonyl (C=O) groups is 2. The van der Waals surface area contributed by atoms with E-state index in [1.165, 1.54) is 22.9 Å². The molecule has 0 aliphatic carbocycles. The van der Waals surface area contributed by atoms with Gasteiger partial charge in [0, 0.05) is 50.3 Å². The first-order chi connectivity index (χ1) is 14.8. The van der Waals surface area contributed by atoms with E-state index in [4.69, 9.17) is 0 Å². The topological polar surface area (TPSA) is 87.0 Å². The number of imide groups is 1. The smallest absolute Gasteiger partial charge is 0.294 e. The molecule has 1 atom stereocenters. The molecule has 0 spiro atoms. The molecule has 0 bridgehead atoms. The van der Waals surface area contributed by atoms with Crippen LogP contribution in [0.1, 0.15) is 24.5 Å². The van der Waals surface area contributed by atoms with Crippen molar-refractivity contribution in [3.05, 3.63) is 57.6 Å². The van der Waals surface area contributed by atoms with Crippen LogP contribution in [0.4, 0.5) is 22.7 Å². The van der Waals surface area contributed by atoms with E-state index in [0.717, 1.165) is 18.0 Å². The summed E-state index contributed by atoms with van der Waals surface area (Å²) in [5.41, 5.74) is 4.31. The molecule has 8 nitrogen and oxygen atoms in total. The van der Waals surface area contributed by atoms with Crippen LogP contribution < -0.4 is 14.7 Å². The van der Waals surface area contributed by atoms with E-state index >= 15 is 0 Å². The summed E-state index contributed by atoms with van der Waals surface area (Å²) in [6, 6.07) is 11.0. The maximum atomic E-state index is 12.3. The van der Waals surface area contributed by atoms with E-state index in [1.54, 1.807) is 19.1 Å². The molecule has 2 aromatic carbocycles. The second-order valence-corrected chi connectivity index (χ2v) is 8.37. The van der Waals surface area contributed by atoms with Crippen LogP contribution in [0.2, 0.25) is 0 Å². The van der Waals surface area contributed by atoms with Crippen LogP contribution in [-0.4, -0.2) is 42.9 Å². The summed E-state index contributed by atoms with van der Waals surface area (Å²) in [6.07, 6.45) is 0.134. The molecular formula is C23H26N4O4. The molecule has 8 heteroatoms. The summed E-state index contributed by atoms with van der Waals surface area (Å²) in [5.74, 6) is -1.03. The highest BCUT2D eigenvalue weighted by molar-refractivity contribution is 6.21. The van der Waals surface area contributed by atoms with Crippen molar-refractivity contribution in [1.82, 2.24) is 0 Å². The number of amides is 2. The Morgan fingerprint density at radius 1 is 0.935 bits per heavy atom. The third kappa shape index (κ3) is 3.85. The van der Waals surface area contributed by atoms with E-state index < -0.39 is 10.8 Å². The van der Waals surface area contributed by atoms with Crippen LogP contribution in [0.3, 0.4) is 0 Å². The largest absolute Gasteiger partial charge is 0.368 e. The molecule has 2 amide bonds. The summed E-state index contributed by atoms with van der Waals surface area (Å²) in [5, 5.41) is 11.8. The molecule has 0 aromatic heterocycles. The standard InChI is InChI=1S/C23H26N4O4/c1-15-4-5-16(2)20(12-15)25-10-8-24(9-11-25)19-7-6-18(14-21(19)27(30)31)26-22(28)13-17(3)23(26)29/h4-7,12,14,17H,8-11,13H2,1-3H3/t17-/m0/s1. The molecular weight excluding hydrogens is 396 g/mol. The number of benzene rings is 2. The van der Waals surface area contributed by atoms with Gasteiger partial charge in [-0.15, -0.1) is 0 Å². The number of aryl methyl sites for hydroxylation is 2. The first-order valence-corrected chi connectivity index (χ1v) is 10.5. The van der Waals surface area contributed by atoms with Crippen LogP contribution in [0.25, 0.3) is 0 Å². The number of nitro benzene ring substituents is 1.